The number of rotatable bonds is 7. The number of benzene rings is 1. The lowest BCUT2D eigenvalue weighted by molar-refractivity contribution is 0.0786. The number of hydrogen-bond acceptors (Lipinski definition) is 5. The molecule has 0 fully saturated rings. The van der Waals surface area contributed by atoms with Gasteiger partial charge in [0, 0.05) is 24.8 Å². The van der Waals surface area contributed by atoms with Gasteiger partial charge in [0.05, 0.1) is 0 Å². The molecular formula is C18H22N4O2. The van der Waals surface area contributed by atoms with Crippen LogP contribution in [0.3, 0.4) is 0 Å². The van der Waals surface area contributed by atoms with E-state index >= 15 is 0 Å². The summed E-state index contributed by atoms with van der Waals surface area (Å²) < 4.78 is 0. The highest BCUT2D eigenvalue weighted by Crippen LogP contribution is 2.15. The highest BCUT2D eigenvalue weighted by molar-refractivity contribution is 5.94. The summed E-state index contributed by atoms with van der Waals surface area (Å²) >= 11 is 0. The van der Waals surface area contributed by atoms with Gasteiger partial charge < -0.3 is 10.2 Å². The normalized spacial score (nSPS) is 10.3. The van der Waals surface area contributed by atoms with Crippen molar-refractivity contribution in [3.63, 3.8) is 0 Å². The Labute approximate surface area is 141 Å². The number of nitrogens with one attached hydrogen (secondary N) is 1. The lowest BCUT2D eigenvalue weighted by atomic mass is 10.1. The molecule has 0 saturated heterocycles. The van der Waals surface area contributed by atoms with E-state index in [4.69, 9.17) is 0 Å². The minimum atomic E-state index is -0.131. The molecule has 0 aliphatic carbocycles. The van der Waals surface area contributed by atoms with Crippen LogP contribution in [0, 0.1) is 0 Å². The summed E-state index contributed by atoms with van der Waals surface area (Å²) in [5.74, 6) is 0.433. The number of amides is 1. The number of unbranched alkanes of at least 4 members (excludes halogenated alkanes) is 1. The first kappa shape index (κ1) is 17.6. The molecule has 6 heteroatoms. The average Bonchev–Trinajstić information content (AvgIpc) is 2.60. The minimum absolute atomic E-state index is 0.0244. The summed E-state index contributed by atoms with van der Waals surface area (Å²) in [5.41, 5.74) is 1.78. The van der Waals surface area contributed by atoms with Crippen LogP contribution in [0.25, 0.3) is 0 Å². The number of carbonyl (C=O) groups excluding carboxylic acids is 2. The zero-order valence-corrected chi connectivity index (χ0v) is 14.2. The van der Waals surface area contributed by atoms with E-state index in [9.17, 15) is 9.59 Å². The quantitative estimate of drug-likeness (QED) is 0.790. The zero-order chi connectivity index (χ0) is 17.5. The van der Waals surface area contributed by atoms with Crippen LogP contribution < -0.4 is 5.32 Å². The number of nitrogens with zero attached hydrogens (tertiary/aromatic N) is 3. The third-order valence-corrected chi connectivity index (χ3v) is 3.64. The van der Waals surface area contributed by atoms with Crippen molar-refractivity contribution < 1.29 is 9.59 Å². The molecule has 1 aromatic carbocycles. The van der Waals surface area contributed by atoms with Gasteiger partial charge >= 0.3 is 0 Å². The summed E-state index contributed by atoms with van der Waals surface area (Å²) in [5, 5.41) is 11.1. The number of aromatic nitrogens is 2. The van der Waals surface area contributed by atoms with Crippen molar-refractivity contribution in [2.45, 2.75) is 26.7 Å². The van der Waals surface area contributed by atoms with Gasteiger partial charge in [0.2, 0.25) is 0 Å². The number of hydrogen-bond donors (Lipinski definition) is 1. The van der Waals surface area contributed by atoms with Crippen molar-refractivity contribution in [1.82, 2.24) is 15.1 Å². The molecule has 24 heavy (non-hydrogen) atoms. The van der Waals surface area contributed by atoms with Gasteiger partial charge in [-0.2, -0.15) is 0 Å². The van der Waals surface area contributed by atoms with Gasteiger partial charge in [-0.05, 0) is 49.7 Å². The number of carbonyl (C=O) groups is 2. The summed E-state index contributed by atoms with van der Waals surface area (Å²) in [6.45, 7) is 4.32. The second-order valence-electron chi connectivity index (χ2n) is 5.64. The molecule has 0 atom stereocenters. The van der Waals surface area contributed by atoms with Crippen LogP contribution in [0.1, 0.15) is 47.5 Å². The van der Waals surface area contributed by atoms with E-state index < -0.39 is 0 Å². The first-order valence-corrected chi connectivity index (χ1v) is 7.98. The standard InChI is InChI=1S/C18H22N4O2/c1-4-5-12-22(3)18(24)16-10-11-17(21-20-16)19-15-8-6-14(7-9-15)13(2)23/h6-11H,4-5,12H2,1-3H3,(H,19,21). The minimum Gasteiger partial charge on any atom is -0.340 e. The fraction of sp³-hybridized carbons (Fsp3) is 0.333. The molecule has 2 rings (SSSR count). The molecule has 0 radical (unpaired) electrons. The maximum absolute atomic E-state index is 12.2. The van der Waals surface area contributed by atoms with Gasteiger partial charge in [0.25, 0.3) is 5.91 Å². The molecule has 1 aromatic heterocycles. The number of ketones is 1. The number of Topliss-reactive ketones (excluding diaryl/α,β-unsaturated/α-hetero) is 1. The van der Waals surface area contributed by atoms with E-state index in [1.807, 2.05) is 0 Å². The molecule has 126 valence electrons. The van der Waals surface area contributed by atoms with Crippen LogP contribution in [-0.4, -0.2) is 40.4 Å². The third-order valence-electron chi connectivity index (χ3n) is 3.64. The fourth-order valence-corrected chi connectivity index (χ4v) is 2.14. The van der Waals surface area contributed by atoms with E-state index in [-0.39, 0.29) is 11.7 Å². The average molecular weight is 326 g/mol. The molecule has 0 aliphatic heterocycles. The molecule has 2 aromatic rings. The third kappa shape index (κ3) is 4.62. The monoisotopic (exact) mass is 326 g/mol. The Morgan fingerprint density at radius 2 is 1.79 bits per heavy atom. The van der Waals surface area contributed by atoms with Gasteiger partial charge in [-0.3, -0.25) is 9.59 Å². The molecule has 1 amide bonds. The second-order valence-corrected chi connectivity index (χ2v) is 5.64. The molecule has 1 heterocycles. The van der Waals surface area contributed by atoms with E-state index in [0.29, 0.717) is 23.6 Å². The van der Waals surface area contributed by atoms with Gasteiger partial charge in [-0.15, -0.1) is 10.2 Å². The Kier molecular flexibility index (Phi) is 6.01. The first-order chi connectivity index (χ1) is 11.5. The Morgan fingerprint density at radius 1 is 1.08 bits per heavy atom. The molecule has 6 nitrogen and oxygen atoms in total. The van der Waals surface area contributed by atoms with Gasteiger partial charge in [0.1, 0.15) is 0 Å². The van der Waals surface area contributed by atoms with Crippen molar-refractivity contribution in [2.75, 3.05) is 18.9 Å². The van der Waals surface area contributed by atoms with E-state index in [1.54, 1.807) is 48.3 Å². The van der Waals surface area contributed by atoms with Crippen LogP contribution in [0.15, 0.2) is 36.4 Å². The predicted molar refractivity (Wildman–Crippen MR) is 93.6 cm³/mol. The van der Waals surface area contributed by atoms with Crippen LogP contribution in [0.4, 0.5) is 11.5 Å². The molecule has 1 N–H and O–H groups in total. The molecule has 0 saturated carbocycles. The highest BCUT2D eigenvalue weighted by Gasteiger charge is 2.13. The lowest BCUT2D eigenvalue weighted by Crippen LogP contribution is -2.28. The molecular weight excluding hydrogens is 304 g/mol. The maximum atomic E-state index is 12.2. The fourth-order valence-electron chi connectivity index (χ4n) is 2.14. The summed E-state index contributed by atoms with van der Waals surface area (Å²) in [6.07, 6.45) is 2.00. The summed E-state index contributed by atoms with van der Waals surface area (Å²) in [7, 11) is 1.77. The van der Waals surface area contributed by atoms with E-state index in [1.165, 1.54) is 6.92 Å². The Bertz CT molecular complexity index is 696. The van der Waals surface area contributed by atoms with Crippen molar-refractivity contribution in [2.24, 2.45) is 0 Å². The van der Waals surface area contributed by atoms with E-state index in [2.05, 4.69) is 22.4 Å². The Morgan fingerprint density at radius 3 is 2.33 bits per heavy atom. The van der Waals surface area contributed by atoms with Crippen molar-refractivity contribution in [1.29, 1.82) is 0 Å². The van der Waals surface area contributed by atoms with Crippen LogP contribution in [0.2, 0.25) is 0 Å². The Hall–Kier alpha value is -2.76. The Balaban J connectivity index is 2.01. The molecule has 0 bridgehead atoms. The van der Waals surface area contributed by atoms with Crippen molar-refractivity contribution in [3.8, 4) is 0 Å². The molecule has 0 aliphatic rings. The van der Waals surface area contributed by atoms with Gasteiger partial charge in [-0.1, -0.05) is 13.3 Å². The summed E-state index contributed by atoms with van der Waals surface area (Å²) in [4.78, 5) is 25.1. The van der Waals surface area contributed by atoms with E-state index in [0.717, 1.165) is 18.5 Å². The SMILES string of the molecule is CCCCN(C)C(=O)c1ccc(Nc2ccc(C(C)=O)cc2)nn1. The lowest BCUT2D eigenvalue weighted by Gasteiger charge is -2.15. The number of anilines is 2. The zero-order valence-electron chi connectivity index (χ0n) is 14.2. The highest BCUT2D eigenvalue weighted by atomic mass is 16.2. The van der Waals surface area contributed by atoms with Crippen LogP contribution in [-0.2, 0) is 0 Å². The van der Waals surface area contributed by atoms with Crippen molar-refractivity contribution >= 4 is 23.2 Å². The smallest absolute Gasteiger partial charge is 0.274 e. The molecule has 0 spiro atoms. The second kappa shape index (κ2) is 8.19. The first-order valence-electron chi connectivity index (χ1n) is 7.98. The van der Waals surface area contributed by atoms with Gasteiger partial charge in [-0.25, -0.2) is 0 Å². The van der Waals surface area contributed by atoms with Crippen LogP contribution >= 0.6 is 0 Å². The maximum Gasteiger partial charge on any atom is 0.274 e. The van der Waals surface area contributed by atoms with Crippen molar-refractivity contribution in [3.05, 3.63) is 47.7 Å². The summed E-state index contributed by atoms with van der Waals surface area (Å²) in [6, 6.07) is 10.5. The van der Waals surface area contributed by atoms with Crippen LogP contribution in [0.5, 0.6) is 0 Å². The largest absolute Gasteiger partial charge is 0.340 e. The van der Waals surface area contributed by atoms with Gasteiger partial charge in [0.15, 0.2) is 17.3 Å². The molecule has 0 unspecified atom stereocenters. The topological polar surface area (TPSA) is 75.2 Å². The predicted octanol–water partition coefficient (Wildman–Crippen LogP) is 3.29.